The number of thioether (sulfide) groups is 1. The molecule has 0 saturated heterocycles. The van der Waals surface area contributed by atoms with Gasteiger partial charge in [0.1, 0.15) is 11.6 Å². The molecule has 0 N–H and O–H groups in total. The summed E-state index contributed by atoms with van der Waals surface area (Å²) in [4.78, 5) is 0. The van der Waals surface area contributed by atoms with Crippen molar-refractivity contribution in [3.8, 4) is 0 Å². The summed E-state index contributed by atoms with van der Waals surface area (Å²) in [5.41, 5.74) is 2.44. The molecule has 2 aromatic carbocycles. The molecule has 1 fully saturated rings. The summed E-state index contributed by atoms with van der Waals surface area (Å²) in [6.45, 7) is 4.58. The van der Waals surface area contributed by atoms with Crippen molar-refractivity contribution in [2.45, 2.75) is 35.7 Å². The fraction of sp³-hybridized carbons (Fsp3) is 0.238. The van der Waals surface area contributed by atoms with E-state index in [-0.39, 0.29) is 5.82 Å². The maximum absolute atomic E-state index is 13.0. The van der Waals surface area contributed by atoms with Crippen molar-refractivity contribution < 1.29 is 4.39 Å². The molecule has 0 spiro atoms. The molecular weight excluding hydrogens is 345 g/mol. The number of allylic oxidation sites excluding steroid dienone is 1. The fourth-order valence-electron chi connectivity index (χ4n) is 3.26. The molecule has 1 aromatic heterocycles. The van der Waals surface area contributed by atoms with E-state index in [1.54, 1.807) is 11.8 Å². The maximum Gasteiger partial charge on any atom is 0.191 e. The molecule has 3 aromatic rings. The van der Waals surface area contributed by atoms with Crippen molar-refractivity contribution in [1.29, 1.82) is 0 Å². The van der Waals surface area contributed by atoms with Crippen molar-refractivity contribution in [3.05, 3.63) is 90.0 Å². The Morgan fingerprint density at radius 2 is 1.85 bits per heavy atom. The highest BCUT2D eigenvalue weighted by Crippen LogP contribution is 2.54. The normalized spacial score (nSPS) is 18.7. The Morgan fingerprint density at radius 3 is 2.58 bits per heavy atom. The number of aromatic nitrogens is 3. The summed E-state index contributed by atoms with van der Waals surface area (Å²) in [6.07, 6.45) is 3.00. The first-order valence-corrected chi connectivity index (χ1v) is 9.71. The van der Waals surface area contributed by atoms with Crippen molar-refractivity contribution in [1.82, 2.24) is 14.8 Å². The van der Waals surface area contributed by atoms with Crippen molar-refractivity contribution in [2.75, 3.05) is 0 Å². The van der Waals surface area contributed by atoms with Crippen LogP contribution in [0, 0.1) is 5.82 Å². The van der Waals surface area contributed by atoms with Gasteiger partial charge in [0, 0.05) is 18.2 Å². The lowest BCUT2D eigenvalue weighted by molar-refractivity contribution is 0.627. The number of rotatable bonds is 7. The van der Waals surface area contributed by atoms with Gasteiger partial charge in [0.15, 0.2) is 5.16 Å². The Bertz CT molecular complexity index is 889. The number of hydrogen-bond acceptors (Lipinski definition) is 3. The Balaban J connectivity index is 1.50. The first kappa shape index (κ1) is 17.0. The summed E-state index contributed by atoms with van der Waals surface area (Å²) in [5, 5.41) is 9.79. The zero-order valence-corrected chi connectivity index (χ0v) is 15.2. The molecule has 1 saturated carbocycles. The monoisotopic (exact) mass is 365 g/mol. The highest BCUT2D eigenvalue weighted by atomic mass is 32.2. The Morgan fingerprint density at radius 1 is 1.08 bits per heavy atom. The quantitative estimate of drug-likeness (QED) is 0.428. The van der Waals surface area contributed by atoms with Gasteiger partial charge in [0.2, 0.25) is 0 Å². The van der Waals surface area contributed by atoms with Gasteiger partial charge >= 0.3 is 0 Å². The van der Waals surface area contributed by atoms with Crippen molar-refractivity contribution in [2.24, 2.45) is 0 Å². The Kier molecular flexibility index (Phi) is 4.89. The van der Waals surface area contributed by atoms with Crippen molar-refractivity contribution in [3.63, 3.8) is 0 Å². The van der Waals surface area contributed by atoms with Crippen LogP contribution >= 0.6 is 11.8 Å². The van der Waals surface area contributed by atoms with Crippen LogP contribution in [-0.2, 0) is 12.3 Å². The number of nitrogens with zero attached hydrogens (tertiary/aromatic N) is 3. The number of halogens is 1. The third-order valence-electron chi connectivity index (χ3n) is 4.69. The average Bonchev–Trinajstić information content (AvgIpc) is 3.37. The second-order valence-corrected chi connectivity index (χ2v) is 7.46. The molecule has 1 heterocycles. The van der Waals surface area contributed by atoms with E-state index < -0.39 is 0 Å². The molecule has 1 aliphatic carbocycles. The molecule has 0 radical (unpaired) electrons. The first-order valence-electron chi connectivity index (χ1n) is 8.72. The minimum atomic E-state index is -0.212. The molecule has 5 heteroatoms. The van der Waals surface area contributed by atoms with Crippen LogP contribution in [0.1, 0.15) is 35.2 Å². The molecule has 1 aliphatic rings. The minimum absolute atomic E-state index is 0.212. The number of hydrogen-bond donors (Lipinski definition) is 0. The lowest BCUT2D eigenvalue weighted by atomic mass is 10.1. The summed E-state index contributed by atoms with van der Waals surface area (Å²) >= 11 is 1.63. The molecule has 132 valence electrons. The van der Waals surface area contributed by atoms with Crippen molar-refractivity contribution >= 4 is 11.8 Å². The summed E-state index contributed by atoms with van der Waals surface area (Å²) in [6, 6.07) is 17.2. The van der Waals surface area contributed by atoms with Crippen LogP contribution in [0.2, 0.25) is 0 Å². The second kappa shape index (κ2) is 7.46. The van der Waals surface area contributed by atoms with E-state index in [4.69, 9.17) is 0 Å². The summed E-state index contributed by atoms with van der Waals surface area (Å²) in [5.74, 6) is 2.52. The van der Waals surface area contributed by atoms with E-state index in [9.17, 15) is 4.39 Å². The van der Waals surface area contributed by atoms with E-state index in [2.05, 4.69) is 45.6 Å². The molecule has 26 heavy (non-hydrogen) atoms. The van der Waals surface area contributed by atoms with E-state index in [0.29, 0.717) is 18.4 Å². The van der Waals surface area contributed by atoms with E-state index >= 15 is 0 Å². The van der Waals surface area contributed by atoms with Gasteiger partial charge in [-0.2, -0.15) is 0 Å². The standard InChI is InChI=1S/C21H20FN3S/c1-2-12-25-20(19-13-18(19)16-6-4-3-5-7-16)23-24-21(25)26-14-15-8-10-17(22)11-9-15/h2-11,18-19H,1,12-14H2. The van der Waals surface area contributed by atoms with Gasteiger partial charge in [-0.25, -0.2) is 4.39 Å². The zero-order valence-electron chi connectivity index (χ0n) is 14.4. The largest absolute Gasteiger partial charge is 0.302 e. The second-order valence-electron chi connectivity index (χ2n) is 6.51. The van der Waals surface area contributed by atoms with Crippen LogP contribution in [0.15, 0.2) is 72.4 Å². The van der Waals surface area contributed by atoms with Crippen LogP contribution in [-0.4, -0.2) is 14.8 Å². The molecular formula is C21H20FN3S. The summed E-state index contributed by atoms with van der Waals surface area (Å²) < 4.78 is 15.2. The van der Waals surface area contributed by atoms with Crippen LogP contribution < -0.4 is 0 Å². The predicted octanol–water partition coefficient (Wildman–Crippen LogP) is 5.17. The third-order valence-corrected chi connectivity index (χ3v) is 5.73. The van der Waals surface area contributed by atoms with Gasteiger partial charge in [-0.1, -0.05) is 60.3 Å². The molecule has 3 nitrogen and oxygen atoms in total. The first-order chi connectivity index (χ1) is 12.8. The van der Waals surface area contributed by atoms with E-state index in [1.807, 2.05) is 24.3 Å². The van der Waals surface area contributed by atoms with E-state index in [1.165, 1.54) is 17.7 Å². The molecule has 2 atom stereocenters. The van der Waals surface area contributed by atoms with Gasteiger partial charge in [-0.05, 0) is 35.6 Å². The lowest BCUT2D eigenvalue weighted by Gasteiger charge is -2.08. The summed E-state index contributed by atoms with van der Waals surface area (Å²) in [7, 11) is 0. The zero-order chi connectivity index (χ0) is 17.9. The Hall–Kier alpha value is -2.40. The van der Waals surface area contributed by atoms with Gasteiger partial charge in [0.25, 0.3) is 0 Å². The molecule has 0 aliphatic heterocycles. The SMILES string of the molecule is C=CCn1c(SCc2ccc(F)cc2)nnc1C1CC1c1ccccc1. The lowest BCUT2D eigenvalue weighted by Crippen LogP contribution is -2.03. The third kappa shape index (κ3) is 3.58. The maximum atomic E-state index is 13.0. The minimum Gasteiger partial charge on any atom is -0.302 e. The van der Waals surface area contributed by atoms with Gasteiger partial charge < -0.3 is 4.57 Å². The highest BCUT2D eigenvalue weighted by Gasteiger charge is 2.43. The molecule has 0 bridgehead atoms. The highest BCUT2D eigenvalue weighted by molar-refractivity contribution is 7.98. The van der Waals surface area contributed by atoms with Crippen LogP contribution in [0.5, 0.6) is 0 Å². The number of benzene rings is 2. The molecule has 4 rings (SSSR count). The van der Waals surface area contributed by atoms with Gasteiger partial charge in [0.05, 0.1) is 0 Å². The fourth-order valence-corrected chi connectivity index (χ4v) is 4.17. The Labute approximate surface area is 157 Å². The van der Waals surface area contributed by atoms with Gasteiger partial charge in [-0.15, -0.1) is 16.8 Å². The average molecular weight is 365 g/mol. The van der Waals surface area contributed by atoms with Crippen LogP contribution in [0.4, 0.5) is 4.39 Å². The smallest absolute Gasteiger partial charge is 0.191 e. The van der Waals surface area contributed by atoms with Crippen LogP contribution in [0.3, 0.4) is 0 Å². The van der Waals surface area contributed by atoms with E-state index in [0.717, 1.165) is 28.7 Å². The van der Waals surface area contributed by atoms with Gasteiger partial charge in [-0.3, -0.25) is 0 Å². The predicted molar refractivity (Wildman–Crippen MR) is 103 cm³/mol. The molecule has 2 unspecified atom stereocenters. The molecule has 0 amide bonds. The topological polar surface area (TPSA) is 30.7 Å². The van der Waals surface area contributed by atoms with Crippen LogP contribution in [0.25, 0.3) is 0 Å².